The third-order valence-corrected chi connectivity index (χ3v) is 9.14. The molecule has 6 atom stereocenters. The standard InChI is InChI=1S/C34H46F2N4O7/c1-18(2)17-45-31(42)26-19(3)25-16-40(26)30(41)28(33(4,5)6)39-32(43)47-24-14-20(24)10-8-9-13-34(35,36)27-29(46-25)38-23-15-21(44-7)11-12-22(23)37-27/h11-12,15,18-20,24-26,28H,8-10,13-14,16-17H2,1-7H3,(H,39,43)/t19-,20-,24-,25+,26+,28-/m1/s1. The van der Waals surface area contributed by atoms with Crippen molar-refractivity contribution in [2.24, 2.45) is 23.2 Å². The van der Waals surface area contributed by atoms with Crippen molar-refractivity contribution < 1.29 is 42.1 Å². The van der Waals surface area contributed by atoms with E-state index in [1.54, 1.807) is 45.9 Å². The van der Waals surface area contributed by atoms with Crippen molar-refractivity contribution in [1.29, 1.82) is 0 Å². The molecule has 2 fully saturated rings. The Labute approximate surface area is 274 Å². The molecule has 2 bridgehead atoms. The van der Waals surface area contributed by atoms with Crippen molar-refractivity contribution in [1.82, 2.24) is 20.2 Å². The number of nitrogens with zero attached hydrogens (tertiary/aromatic N) is 3. The van der Waals surface area contributed by atoms with E-state index in [2.05, 4.69) is 15.3 Å². The zero-order valence-electron chi connectivity index (χ0n) is 28.2. The number of hydrogen-bond acceptors (Lipinski definition) is 9. The van der Waals surface area contributed by atoms with Crippen LogP contribution in [0.25, 0.3) is 11.0 Å². The van der Waals surface area contributed by atoms with Crippen molar-refractivity contribution in [3.63, 3.8) is 0 Å². The number of nitrogens with one attached hydrogen (secondary N) is 1. The van der Waals surface area contributed by atoms with E-state index < -0.39 is 65.5 Å². The minimum atomic E-state index is -3.38. The average Bonchev–Trinajstić information content (AvgIpc) is 3.65. The van der Waals surface area contributed by atoms with Gasteiger partial charge in [0.1, 0.15) is 30.0 Å². The lowest BCUT2D eigenvalue weighted by atomic mass is 9.85. The van der Waals surface area contributed by atoms with Crippen molar-refractivity contribution in [2.45, 2.75) is 104 Å². The van der Waals surface area contributed by atoms with Crippen molar-refractivity contribution >= 4 is 29.0 Å². The molecular weight excluding hydrogens is 614 g/mol. The molecule has 0 unspecified atom stereocenters. The number of alkyl carbamates (subject to hydrolysis) is 1. The highest BCUT2D eigenvalue weighted by Gasteiger charge is 2.52. The monoisotopic (exact) mass is 660 g/mol. The van der Waals surface area contributed by atoms with E-state index in [1.807, 2.05) is 13.8 Å². The molecule has 1 aliphatic carbocycles. The summed E-state index contributed by atoms with van der Waals surface area (Å²) >= 11 is 0. The van der Waals surface area contributed by atoms with Gasteiger partial charge in [-0.15, -0.1) is 0 Å². The van der Waals surface area contributed by atoms with Gasteiger partial charge in [-0.2, -0.15) is 8.78 Å². The number of alkyl halides is 2. The topological polar surface area (TPSA) is 129 Å². The molecule has 11 nitrogen and oxygen atoms in total. The van der Waals surface area contributed by atoms with E-state index in [1.165, 1.54) is 12.0 Å². The van der Waals surface area contributed by atoms with Crippen LogP contribution in [-0.4, -0.2) is 77.4 Å². The molecule has 13 heteroatoms. The van der Waals surface area contributed by atoms with Crippen molar-refractivity contribution in [2.75, 3.05) is 20.3 Å². The van der Waals surface area contributed by atoms with Gasteiger partial charge in [-0.05, 0) is 48.6 Å². The summed E-state index contributed by atoms with van der Waals surface area (Å²) in [5, 5.41) is 2.75. The molecule has 1 aromatic carbocycles. The molecule has 2 amide bonds. The van der Waals surface area contributed by atoms with Gasteiger partial charge in [0.25, 0.3) is 5.92 Å². The number of halogens is 2. The molecule has 1 saturated carbocycles. The molecule has 1 N–H and O–H groups in total. The Morgan fingerprint density at radius 1 is 1.13 bits per heavy atom. The molecule has 258 valence electrons. The maximum atomic E-state index is 16.0. The van der Waals surface area contributed by atoms with Crippen LogP contribution in [0.15, 0.2) is 18.2 Å². The maximum absolute atomic E-state index is 16.0. The van der Waals surface area contributed by atoms with Crippen LogP contribution in [0.2, 0.25) is 0 Å². The summed E-state index contributed by atoms with van der Waals surface area (Å²) in [5.41, 5.74) is -0.822. The van der Waals surface area contributed by atoms with Crippen molar-refractivity contribution in [3.05, 3.63) is 23.9 Å². The van der Waals surface area contributed by atoms with Crippen LogP contribution in [0.5, 0.6) is 11.6 Å². The van der Waals surface area contributed by atoms with Crippen LogP contribution in [0.1, 0.15) is 79.3 Å². The Balaban J connectivity index is 1.58. The number of rotatable bonds is 4. The fraction of sp³-hybridized carbons (Fsp3) is 0.676. The van der Waals surface area contributed by atoms with Gasteiger partial charge in [0.05, 0.1) is 31.3 Å². The number of carbonyl (C=O) groups excluding carboxylic acids is 3. The van der Waals surface area contributed by atoms with Crippen LogP contribution >= 0.6 is 0 Å². The highest BCUT2D eigenvalue weighted by atomic mass is 19.3. The van der Waals surface area contributed by atoms with E-state index in [-0.39, 0.29) is 48.9 Å². The van der Waals surface area contributed by atoms with Gasteiger partial charge in [0.15, 0.2) is 5.69 Å². The molecule has 2 aromatic rings. The second-order valence-corrected chi connectivity index (χ2v) is 14.5. The van der Waals surface area contributed by atoms with Crippen LogP contribution in [0.4, 0.5) is 13.6 Å². The molecule has 2 aliphatic heterocycles. The lowest BCUT2D eigenvalue weighted by molar-refractivity contribution is -0.156. The van der Waals surface area contributed by atoms with Gasteiger partial charge in [0, 0.05) is 18.4 Å². The summed E-state index contributed by atoms with van der Waals surface area (Å²) in [6.07, 6.45) is -0.523. The predicted molar refractivity (Wildman–Crippen MR) is 168 cm³/mol. The first-order valence-electron chi connectivity index (χ1n) is 16.4. The Hall–Kier alpha value is -3.77. The quantitative estimate of drug-likeness (QED) is 0.415. The number of esters is 1. The summed E-state index contributed by atoms with van der Waals surface area (Å²) in [7, 11) is 1.49. The summed E-state index contributed by atoms with van der Waals surface area (Å²) < 4.78 is 54.8. The van der Waals surface area contributed by atoms with Crippen molar-refractivity contribution in [3.8, 4) is 11.6 Å². The van der Waals surface area contributed by atoms with Gasteiger partial charge < -0.3 is 29.2 Å². The molecule has 3 aliphatic rings. The second kappa shape index (κ2) is 13.4. The lowest BCUT2D eigenvalue weighted by Crippen LogP contribution is -2.57. The first kappa shape index (κ1) is 34.6. The number of fused-ring (bicyclic) bond motifs is 5. The lowest BCUT2D eigenvalue weighted by Gasteiger charge is -2.35. The molecule has 3 heterocycles. The molecule has 0 spiro atoms. The summed E-state index contributed by atoms with van der Waals surface area (Å²) in [6, 6.07) is 2.60. The molecule has 47 heavy (non-hydrogen) atoms. The Morgan fingerprint density at radius 2 is 1.87 bits per heavy atom. The Morgan fingerprint density at radius 3 is 2.55 bits per heavy atom. The van der Waals surface area contributed by atoms with E-state index in [0.29, 0.717) is 30.5 Å². The fourth-order valence-corrected chi connectivity index (χ4v) is 6.26. The van der Waals surface area contributed by atoms with E-state index in [4.69, 9.17) is 18.9 Å². The van der Waals surface area contributed by atoms with Crippen LogP contribution < -0.4 is 14.8 Å². The highest BCUT2D eigenvalue weighted by molar-refractivity contribution is 5.91. The number of amides is 2. The predicted octanol–water partition coefficient (Wildman–Crippen LogP) is 5.63. The first-order valence-corrected chi connectivity index (χ1v) is 16.4. The number of ether oxygens (including phenoxy) is 4. The average molecular weight is 661 g/mol. The molecule has 1 aromatic heterocycles. The normalized spacial score (nSPS) is 28.3. The number of benzene rings is 1. The summed E-state index contributed by atoms with van der Waals surface area (Å²) in [4.78, 5) is 51.1. The van der Waals surface area contributed by atoms with E-state index in [9.17, 15) is 14.4 Å². The highest BCUT2D eigenvalue weighted by Crippen LogP contribution is 2.43. The van der Waals surface area contributed by atoms with Gasteiger partial charge in [-0.3, -0.25) is 4.79 Å². The van der Waals surface area contributed by atoms with Crippen LogP contribution in [-0.2, 0) is 25.0 Å². The number of hydrogen-bond donors (Lipinski definition) is 1. The van der Waals surface area contributed by atoms with Gasteiger partial charge in [-0.1, -0.05) is 48.0 Å². The minimum Gasteiger partial charge on any atom is -0.497 e. The Kier molecular flexibility index (Phi) is 9.84. The number of aromatic nitrogens is 2. The van der Waals surface area contributed by atoms with Gasteiger partial charge in [0.2, 0.25) is 11.8 Å². The minimum absolute atomic E-state index is 0.0363. The molecule has 5 rings (SSSR count). The second-order valence-electron chi connectivity index (χ2n) is 14.5. The molecule has 1 saturated heterocycles. The summed E-state index contributed by atoms with van der Waals surface area (Å²) in [5.74, 6) is -5.06. The smallest absolute Gasteiger partial charge is 0.408 e. The molecular formula is C34H46F2N4O7. The maximum Gasteiger partial charge on any atom is 0.408 e. The van der Waals surface area contributed by atoms with Gasteiger partial charge in [-0.25, -0.2) is 19.6 Å². The summed E-state index contributed by atoms with van der Waals surface area (Å²) in [6.45, 7) is 10.9. The van der Waals surface area contributed by atoms with Gasteiger partial charge >= 0.3 is 12.1 Å². The Bertz CT molecular complexity index is 1500. The first-order chi connectivity index (χ1) is 22.1. The SMILES string of the molecule is COc1ccc2nc3c(nc2c1)O[C@H]1CN(C(=O)[C@H](C(C)(C)C)NC(=O)O[C@@H]2C[C@H]2CCCCC3(F)F)[C@H](C(=O)OCC(C)C)[C@@H]1C. The zero-order chi connectivity index (χ0) is 34.3. The third-order valence-electron chi connectivity index (χ3n) is 9.14. The zero-order valence-corrected chi connectivity index (χ0v) is 28.2. The number of methoxy groups -OCH3 is 1. The van der Waals surface area contributed by atoms with Crippen LogP contribution in [0.3, 0.4) is 0 Å². The van der Waals surface area contributed by atoms with E-state index in [0.717, 1.165) is 0 Å². The number of carbonyl (C=O) groups is 3. The largest absolute Gasteiger partial charge is 0.497 e. The third kappa shape index (κ3) is 7.70. The van der Waals surface area contributed by atoms with Crippen LogP contribution in [0, 0.1) is 23.2 Å². The fourth-order valence-electron chi connectivity index (χ4n) is 6.26. The molecule has 0 radical (unpaired) electrons. The van der Waals surface area contributed by atoms with E-state index >= 15 is 8.78 Å².